The van der Waals surface area contributed by atoms with Crippen molar-refractivity contribution in [3.05, 3.63) is 23.5 Å². The van der Waals surface area contributed by atoms with Crippen molar-refractivity contribution in [1.82, 2.24) is 4.98 Å². The molecule has 1 atom stereocenters. The van der Waals surface area contributed by atoms with Crippen LogP contribution in [0.4, 0.5) is 13.2 Å². The summed E-state index contributed by atoms with van der Waals surface area (Å²) >= 11 is -1.42. The van der Waals surface area contributed by atoms with Gasteiger partial charge in [0.15, 0.2) is 6.61 Å². The molecule has 4 nitrogen and oxygen atoms in total. The Morgan fingerprint density at radius 3 is 2.48 bits per heavy atom. The van der Waals surface area contributed by atoms with E-state index in [-0.39, 0.29) is 5.75 Å². The quantitative estimate of drug-likeness (QED) is 0.632. The third-order valence-corrected chi connectivity index (χ3v) is 3.62. The summed E-state index contributed by atoms with van der Waals surface area (Å²) in [6, 6.07) is 1.52. The van der Waals surface area contributed by atoms with E-state index in [1.807, 2.05) is 0 Å². The van der Waals surface area contributed by atoms with Crippen LogP contribution in [0.5, 0.6) is 5.75 Å². The van der Waals surface area contributed by atoms with E-state index in [0.717, 1.165) is 0 Å². The second-order valence-electron chi connectivity index (χ2n) is 5.37. The maximum atomic E-state index is 12.1. The van der Waals surface area contributed by atoms with Gasteiger partial charge in [-0.3, -0.25) is 4.98 Å². The van der Waals surface area contributed by atoms with Crippen LogP contribution in [0.2, 0.25) is 0 Å². The van der Waals surface area contributed by atoms with Gasteiger partial charge in [-0.05, 0) is 39.3 Å². The largest absolute Gasteiger partial charge is 0.591 e. The summed E-state index contributed by atoms with van der Waals surface area (Å²) in [5.74, 6) is 0.0569. The number of aromatic nitrogens is 1. The van der Waals surface area contributed by atoms with Gasteiger partial charge in [-0.15, -0.1) is 0 Å². The average Bonchev–Trinajstić information content (AvgIpc) is 2.32. The van der Waals surface area contributed by atoms with Crippen LogP contribution in [0.3, 0.4) is 0 Å². The van der Waals surface area contributed by atoms with Gasteiger partial charge in [0, 0.05) is 0 Å². The first-order valence-corrected chi connectivity index (χ1v) is 7.22. The maximum absolute atomic E-state index is 12.1. The Hall–Kier alpha value is -1.28. The molecule has 0 aromatic carbocycles. The molecule has 0 saturated heterocycles. The lowest BCUT2D eigenvalue weighted by Gasteiger charge is -2.17. The molecule has 0 amide bonds. The minimum atomic E-state index is -4.39. The van der Waals surface area contributed by atoms with Gasteiger partial charge in [0.2, 0.25) is 0 Å². The van der Waals surface area contributed by atoms with E-state index in [2.05, 4.69) is 14.1 Å². The van der Waals surface area contributed by atoms with Crippen molar-refractivity contribution in [3.63, 3.8) is 0 Å². The third-order valence-electron chi connectivity index (χ3n) is 2.28. The highest BCUT2D eigenvalue weighted by Crippen LogP contribution is 2.21. The van der Waals surface area contributed by atoms with E-state index in [4.69, 9.17) is 0 Å². The number of nitrogens with zero attached hydrogens (tertiary/aromatic N) is 2. The highest BCUT2D eigenvalue weighted by atomic mass is 32.2. The zero-order chi connectivity index (χ0) is 16.3. The molecule has 0 aliphatic rings. The van der Waals surface area contributed by atoms with E-state index >= 15 is 0 Å². The lowest BCUT2D eigenvalue weighted by atomic mass is 10.2. The predicted molar refractivity (Wildman–Crippen MR) is 76.0 cm³/mol. The molecular formula is C13H17F3N2O2S. The SMILES string of the molecule is Cc1cc(/C=N/[S+]([O-])C(C)(C)C)ncc1OCC(F)(F)F. The predicted octanol–water partition coefficient (Wildman–Crippen LogP) is 3.21. The van der Waals surface area contributed by atoms with Gasteiger partial charge < -0.3 is 9.29 Å². The van der Waals surface area contributed by atoms with Crippen LogP contribution < -0.4 is 4.74 Å². The Morgan fingerprint density at radius 1 is 1.38 bits per heavy atom. The molecule has 0 spiro atoms. The van der Waals surface area contributed by atoms with Gasteiger partial charge in [0.1, 0.15) is 28.1 Å². The van der Waals surface area contributed by atoms with E-state index in [1.165, 1.54) is 18.5 Å². The number of alkyl halides is 3. The minimum Gasteiger partial charge on any atom is -0.591 e. The molecule has 0 radical (unpaired) electrons. The Morgan fingerprint density at radius 2 is 2.00 bits per heavy atom. The molecule has 1 heterocycles. The molecular weight excluding hydrogens is 305 g/mol. The van der Waals surface area contributed by atoms with Crippen LogP contribution in [0, 0.1) is 6.92 Å². The van der Waals surface area contributed by atoms with Crippen molar-refractivity contribution < 1.29 is 22.5 Å². The zero-order valence-corrected chi connectivity index (χ0v) is 13.0. The van der Waals surface area contributed by atoms with Crippen LogP contribution in [0.25, 0.3) is 0 Å². The molecule has 0 saturated carbocycles. The van der Waals surface area contributed by atoms with Crippen molar-refractivity contribution in [1.29, 1.82) is 0 Å². The van der Waals surface area contributed by atoms with E-state index in [9.17, 15) is 17.7 Å². The highest BCUT2D eigenvalue weighted by Gasteiger charge is 2.29. The molecule has 8 heteroatoms. The number of hydrogen-bond acceptors (Lipinski definition) is 4. The topological polar surface area (TPSA) is 57.5 Å². The van der Waals surface area contributed by atoms with Crippen molar-refractivity contribution in [2.24, 2.45) is 4.40 Å². The molecule has 0 aliphatic carbocycles. The molecule has 1 aromatic rings. The summed E-state index contributed by atoms with van der Waals surface area (Å²) in [5.41, 5.74) is 0.904. The van der Waals surface area contributed by atoms with E-state index in [0.29, 0.717) is 11.3 Å². The van der Waals surface area contributed by atoms with Crippen LogP contribution in [-0.4, -0.2) is 33.3 Å². The Kier molecular flexibility index (Phi) is 5.63. The van der Waals surface area contributed by atoms with Crippen molar-refractivity contribution in [2.45, 2.75) is 38.6 Å². The summed E-state index contributed by atoms with van der Waals surface area (Å²) < 4.78 is 56.0. The van der Waals surface area contributed by atoms with Crippen molar-refractivity contribution in [3.8, 4) is 5.75 Å². The molecule has 0 aliphatic heterocycles. The second kappa shape index (κ2) is 6.65. The molecule has 1 unspecified atom stereocenters. The van der Waals surface area contributed by atoms with Gasteiger partial charge in [0.25, 0.3) is 0 Å². The number of pyridine rings is 1. The summed E-state index contributed by atoms with van der Waals surface area (Å²) in [4.78, 5) is 3.92. The van der Waals surface area contributed by atoms with Crippen molar-refractivity contribution in [2.75, 3.05) is 6.61 Å². The summed E-state index contributed by atoms with van der Waals surface area (Å²) in [6.45, 7) is 5.59. The fraction of sp³-hybridized carbons (Fsp3) is 0.538. The summed E-state index contributed by atoms with van der Waals surface area (Å²) in [5, 5.41) is 0. The number of aryl methyl sites for hydroxylation is 1. The Balaban J connectivity index is 2.77. The van der Waals surface area contributed by atoms with E-state index < -0.39 is 28.9 Å². The van der Waals surface area contributed by atoms with E-state index in [1.54, 1.807) is 27.7 Å². The molecule has 0 bridgehead atoms. The lowest BCUT2D eigenvalue weighted by Crippen LogP contribution is -2.25. The molecule has 0 N–H and O–H groups in total. The summed E-state index contributed by atoms with van der Waals surface area (Å²) in [7, 11) is 0. The average molecular weight is 322 g/mol. The maximum Gasteiger partial charge on any atom is 0.422 e. The molecule has 1 aromatic heterocycles. The fourth-order valence-electron chi connectivity index (χ4n) is 1.21. The summed E-state index contributed by atoms with van der Waals surface area (Å²) in [6.07, 6.45) is -1.86. The van der Waals surface area contributed by atoms with Gasteiger partial charge in [-0.2, -0.15) is 13.2 Å². The smallest absolute Gasteiger partial charge is 0.422 e. The molecule has 0 fully saturated rings. The molecule has 21 heavy (non-hydrogen) atoms. The van der Waals surface area contributed by atoms with Gasteiger partial charge in [0.05, 0.1) is 11.9 Å². The van der Waals surface area contributed by atoms with Crippen LogP contribution in [-0.2, 0) is 11.4 Å². The first-order valence-electron chi connectivity index (χ1n) is 6.11. The molecule has 1 rings (SSSR count). The Bertz CT molecular complexity index is 513. The van der Waals surface area contributed by atoms with Crippen LogP contribution in [0.15, 0.2) is 16.7 Å². The van der Waals surface area contributed by atoms with Gasteiger partial charge >= 0.3 is 6.18 Å². The van der Waals surface area contributed by atoms with Crippen LogP contribution >= 0.6 is 0 Å². The number of halogens is 3. The number of ether oxygens (including phenoxy) is 1. The highest BCUT2D eigenvalue weighted by molar-refractivity contribution is 7.91. The van der Waals surface area contributed by atoms with Gasteiger partial charge in [-0.25, -0.2) is 0 Å². The van der Waals surface area contributed by atoms with Crippen molar-refractivity contribution >= 4 is 17.6 Å². The Labute approximate surface area is 124 Å². The second-order valence-corrected chi connectivity index (χ2v) is 7.31. The zero-order valence-electron chi connectivity index (χ0n) is 12.2. The first kappa shape index (κ1) is 17.8. The lowest BCUT2D eigenvalue weighted by molar-refractivity contribution is -0.153. The molecule has 118 valence electrons. The van der Waals surface area contributed by atoms with Crippen LogP contribution in [0.1, 0.15) is 32.0 Å². The number of hydrogen-bond donors (Lipinski definition) is 0. The third kappa shape index (κ3) is 6.34. The van der Waals surface area contributed by atoms with Gasteiger partial charge in [-0.1, -0.05) is 4.40 Å². The minimum absolute atomic E-state index is 0.0569. The standard InChI is InChI=1S/C13H17F3N2O2S/c1-9-5-10(6-18-21(19)12(2,3)4)17-7-11(9)20-8-13(14,15)16/h5-7H,8H2,1-4H3/b18-6+. The monoisotopic (exact) mass is 322 g/mol. The number of rotatable bonds is 4. The first-order chi connectivity index (χ1) is 9.49. The normalized spacial score (nSPS) is 14.5. The fourth-order valence-corrected chi connectivity index (χ4v) is 1.73.